The van der Waals surface area contributed by atoms with Crippen molar-refractivity contribution in [1.29, 1.82) is 0 Å². The van der Waals surface area contributed by atoms with E-state index in [1.54, 1.807) is 19.5 Å². The van der Waals surface area contributed by atoms with E-state index in [9.17, 15) is 5.11 Å². The molecule has 1 N–H and O–H groups in total. The van der Waals surface area contributed by atoms with E-state index in [2.05, 4.69) is 28.8 Å². The van der Waals surface area contributed by atoms with Gasteiger partial charge in [0.05, 0.1) is 37.3 Å². The lowest BCUT2D eigenvalue weighted by atomic mass is 9.87. The summed E-state index contributed by atoms with van der Waals surface area (Å²) in [5, 5.41) is 15.1. The largest absolute Gasteiger partial charge is 0.389 e. The van der Waals surface area contributed by atoms with Crippen LogP contribution in [0.3, 0.4) is 0 Å². The van der Waals surface area contributed by atoms with Crippen LogP contribution in [0.2, 0.25) is 0 Å². The Bertz CT molecular complexity index is 747. The molecule has 28 heavy (non-hydrogen) atoms. The molecule has 0 amide bonds. The van der Waals surface area contributed by atoms with E-state index in [1.807, 2.05) is 29.9 Å². The Labute approximate surface area is 167 Å². The quantitative estimate of drug-likeness (QED) is 0.746. The zero-order valence-electron chi connectivity index (χ0n) is 17.3. The third kappa shape index (κ3) is 5.38. The fourth-order valence-corrected chi connectivity index (χ4v) is 3.89. The first-order valence-electron chi connectivity index (χ1n) is 9.85. The second-order valence-electron chi connectivity index (χ2n) is 8.50. The highest BCUT2D eigenvalue weighted by Crippen LogP contribution is 2.31. The summed E-state index contributed by atoms with van der Waals surface area (Å²) in [5.74, 6) is 0. The topological polar surface area (TPSA) is 72.6 Å². The molecule has 0 spiro atoms. The standard InChI is InChI=1S/C21H32N4O3/c1-16(13-27-4)28-14-19(26)12-24-11-17-10-23-25(18-5-7-22-8-6-18)20(17)9-21(2,3)15-24/h5-8,10,16,19,26H,9,11-15H2,1-4H3. The monoisotopic (exact) mass is 388 g/mol. The van der Waals surface area contributed by atoms with Crippen LogP contribution in [-0.2, 0) is 22.4 Å². The maximum atomic E-state index is 10.5. The van der Waals surface area contributed by atoms with Gasteiger partial charge in [-0.3, -0.25) is 9.88 Å². The molecule has 1 aliphatic heterocycles. The Hall–Kier alpha value is -1.80. The van der Waals surface area contributed by atoms with Gasteiger partial charge in [0, 0.05) is 50.4 Å². The molecular formula is C21H32N4O3. The molecule has 0 saturated carbocycles. The van der Waals surface area contributed by atoms with Crippen LogP contribution in [0.25, 0.3) is 5.69 Å². The molecule has 0 fully saturated rings. The average molecular weight is 389 g/mol. The zero-order valence-corrected chi connectivity index (χ0v) is 17.3. The number of methoxy groups -OCH3 is 1. The number of aromatic nitrogens is 3. The molecule has 154 valence electrons. The van der Waals surface area contributed by atoms with E-state index in [0.29, 0.717) is 19.8 Å². The minimum absolute atomic E-state index is 0.0228. The van der Waals surface area contributed by atoms with Crippen molar-refractivity contribution in [1.82, 2.24) is 19.7 Å². The summed E-state index contributed by atoms with van der Waals surface area (Å²) in [6.45, 7) is 9.57. The minimum Gasteiger partial charge on any atom is -0.389 e. The predicted octanol–water partition coefficient (Wildman–Crippen LogP) is 2.06. The number of nitrogens with zero attached hydrogens (tertiary/aromatic N) is 4. The average Bonchev–Trinajstić information content (AvgIpc) is 2.96. The predicted molar refractivity (Wildman–Crippen MR) is 107 cm³/mol. The third-order valence-corrected chi connectivity index (χ3v) is 5.00. The Balaban J connectivity index is 1.71. The first-order chi connectivity index (χ1) is 13.4. The number of aliphatic hydroxyl groups is 1. The molecule has 7 nitrogen and oxygen atoms in total. The molecule has 0 aliphatic carbocycles. The van der Waals surface area contributed by atoms with E-state index in [-0.39, 0.29) is 11.5 Å². The molecule has 7 heteroatoms. The van der Waals surface area contributed by atoms with Crippen molar-refractivity contribution in [3.63, 3.8) is 0 Å². The van der Waals surface area contributed by atoms with Gasteiger partial charge in [-0.25, -0.2) is 4.68 Å². The summed E-state index contributed by atoms with van der Waals surface area (Å²) in [7, 11) is 1.65. The van der Waals surface area contributed by atoms with Crippen molar-refractivity contribution in [3.8, 4) is 5.69 Å². The maximum absolute atomic E-state index is 10.5. The lowest BCUT2D eigenvalue weighted by molar-refractivity contribution is -0.0422. The Morgan fingerprint density at radius 2 is 2.00 bits per heavy atom. The number of rotatable bonds is 8. The van der Waals surface area contributed by atoms with E-state index in [4.69, 9.17) is 9.47 Å². The normalized spacial score (nSPS) is 19.0. The second-order valence-corrected chi connectivity index (χ2v) is 8.50. The second kappa shape index (κ2) is 9.13. The van der Waals surface area contributed by atoms with Gasteiger partial charge >= 0.3 is 0 Å². The SMILES string of the molecule is COCC(C)OCC(O)CN1Cc2cnn(-c3ccncc3)c2CC(C)(C)C1. The fraction of sp³-hybridized carbons (Fsp3) is 0.619. The lowest BCUT2D eigenvalue weighted by Crippen LogP contribution is -2.40. The molecule has 2 unspecified atom stereocenters. The highest BCUT2D eigenvalue weighted by molar-refractivity contribution is 5.34. The number of aliphatic hydroxyl groups excluding tert-OH is 1. The van der Waals surface area contributed by atoms with E-state index in [1.165, 1.54) is 11.3 Å². The Morgan fingerprint density at radius 3 is 2.71 bits per heavy atom. The van der Waals surface area contributed by atoms with Crippen LogP contribution in [0.5, 0.6) is 0 Å². The van der Waals surface area contributed by atoms with E-state index >= 15 is 0 Å². The molecule has 1 aliphatic rings. The number of β-amino-alcohol motifs (C(OH)–C–C–N with tert-alkyl or cyclic N) is 1. The Morgan fingerprint density at radius 1 is 1.25 bits per heavy atom. The van der Waals surface area contributed by atoms with Crippen LogP contribution in [0.15, 0.2) is 30.7 Å². The van der Waals surface area contributed by atoms with Gasteiger partial charge in [0.2, 0.25) is 0 Å². The van der Waals surface area contributed by atoms with Crippen molar-refractivity contribution in [2.75, 3.05) is 33.4 Å². The highest BCUT2D eigenvalue weighted by Gasteiger charge is 2.31. The number of hydrogen-bond donors (Lipinski definition) is 1. The van der Waals surface area contributed by atoms with Crippen molar-refractivity contribution in [3.05, 3.63) is 42.0 Å². The molecule has 2 atom stereocenters. The van der Waals surface area contributed by atoms with E-state index in [0.717, 1.165) is 25.2 Å². The van der Waals surface area contributed by atoms with Gasteiger partial charge in [-0.05, 0) is 30.9 Å². The lowest BCUT2D eigenvalue weighted by Gasteiger charge is -2.31. The van der Waals surface area contributed by atoms with Crippen LogP contribution in [0, 0.1) is 5.41 Å². The number of hydrogen-bond acceptors (Lipinski definition) is 6. The molecule has 0 aromatic carbocycles. The fourth-order valence-electron chi connectivity index (χ4n) is 3.89. The van der Waals surface area contributed by atoms with Gasteiger partial charge in [0.25, 0.3) is 0 Å². The maximum Gasteiger partial charge on any atom is 0.0900 e. The van der Waals surface area contributed by atoms with Gasteiger partial charge in [0.15, 0.2) is 0 Å². The smallest absolute Gasteiger partial charge is 0.0900 e. The first kappa shape index (κ1) is 20.9. The van der Waals surface area contributed by atoms with Crippen LogP contribution >= 0.6 is 0 Å². The summed E-state index contributed by atoms with van der Waals surface area (Å²) in [6, 6.07) is 3.95. The molecule has 2 aromatic rings. The summed E-state index contributed by atoms with van der Waals surface area (Å²) < 4.78 is 12.8. The minimum atomic E-state index is -0.535. The van der Waals surface area contributed by atoms with Gasteiger partial charge in [-0.15, -0.1) is 0 Å². The highest BCUT2D eigenvalue weighted by atomic mass is 16.5. The summed E-state index contributed by atoms with van der Waals surface area (Å²) in [6.07, 6.45) is 5.90. The van der Waals surface area contributed by atoms with Crippen molar-refractivity contribution >= 4 is 0 Å². The van der Waals surface area contributed by atoms with Crippen molar-refractivity contribution < 1.29 is 14.6 Å². The van der Waals surface area contributed by atoms with Gasteiger partial charge in [0.1, 0.15) is 0 Å². The van der Waals surface area contributed by atoms with Crippen LogP contribution in [0.4, 0.5) is 0 Å². The first-order valence-corrected chi connectivity index (χ1v) is 9.85. The Kier molecular flexibility index (Phi) is 6.82. The zero-order chi connectivity index (χ0) is 20.1. The van der Waals surface area contributed by atoms with Crippen LogP contribution in [-0.4, -0.2) is 70.4 Å². The molecule has 0 bridgehead atoms. The summed E-state index contributed by atoms with van der Waals surface area (Å²) >= 11 is 0. The van der Waals surface area contributed by atoms with Crippen molar-refractivity contribution in [2.45, 2.75) is 45.9 Å². The van der Waals surface area contributed by atoms with E-state index < -0.39 is 6.10 Å². The third-order valence-electron chi connectivity index (χ3n) is 5.00. The van der Waals surface area contributed by atoms with Crippen LogP contribution in [0.1, 0.15) is 32.0 Å². The number of fused-ring (bicyclic) bond motifs is 1. The number of pyridine rings is 1. The molecule has 0 saturated heterocycles. The van der Waals surface area contributed by atoms with Gasteiger partial charge in [-0.1, -0.05) is 13.8 Å². The molecular weight excluding hydrogens is 356 g/mol. The summed E-state index contributed by atoms with van der Waals surface area (Å²) in [4.78, 5) is 6.41. The van der Waals surface area contributed by atoms with Crippen LogP contribution < -0.4 is 0 Å². The molecule has 3 heterocycles. The van der Waals surface area contributed by atoms with Gasteiger partial charge < -0.3 is 14.6 Å². The molecule has 2 aromatic heterocycles. The molecule has 0 radical (unpaired) electrons. The van der Waals surface area contributed by atoms with Gasteiger partial charge in [-0.2, -0.15) is 5.10 Å². The van der Waals surface area contributed by atoms with Crippen molar-refractivity contribution in [2.24, 2.45) is 5.41 Å². The molecule has 3 rings (SSSR count). The number of ether oxygens (including phenoxy) is 2. The summed E-state index contributed by atoms with van der Waals surface area (Å²) in [5.41, 5.74) is 3.54.